The van der Waals surface area contributed by atoms with Crippen molar-refractivity contribution in [2.45, 2.75) is 25.3 Å². The van der Waals surface area contributed by atoms with Crippen LogP contribution in [0.3, 0.4) is 0 Å². The number of nitrogens with one attached hydrogen (secondary N) is 2. The molecule has 1 saturated heterocycles. The number of hydrogen-bond donors (Lipinski definition) is 2. The van der Waals surface area contributed by atoms with Crippen molar-refractivity contribution >= 4 is 17.5 Å². The Bertz CT molecular complexity index is 1100. The van der Waals surface area contributed by atoms with Gasteiger partial charge in [0.25, 0.3) is 5.91 Å². The minimum Gasteiger partial charge on any atom is -0.455 e. The smallest absolute Gasteiger partial charge is 0.251 e. The molecular formula is C27H28FN3O3. The van der Waals surface area contributed by atoms with Crippen LogP contribution in [0.4, 0.5) is 10.1 Å². The van der Waals surface area contributed by atoms with Crippen LogP contribution in [0, 0.1) is 5.82 Å². The molecule has 1 aliphatic heterocycles. The molecule has 1 heterocycles. The lowest BCUT2D eigenvalue weighted by atomic mass is 10.0. The predicted molar refractivity (Wildman–Crippen MR) is 130 cm³/mol. The van der Waals surface area contributed by atoms with Gasteiger partial charge in [-0.15, -0.1) is 0 Å². The van der Waals surface area contributed by atoms with Crippen molar-refractivity contribution in [3.63, 3.8) is 0 Å². The second kappa shape index (κ2) is 11.4. The molecule has 0 radical (unpaired) electrons. The number of para-hydroxylation sites is 3. The molecule has 0 spiro atoms. The van der Waals surface area contributed by atoms with Crippen molar-refractivity contribution in [3.8, 4) is 11.5 Å². The van der Waals surface area contributed by atoms with Gasteiger partial charge in [0.2, 0.25) is 5.91 Å². The molecule has 4 rings (SSSR count). The average molecular weight is 462 g/mol. The summed E-state index contributed by atoms with van der Waals surface area (Å²) in [6.45, 7) is 2.25. The van der Waals surface area contributed by atoms with Gasteiger partial charge < -0.3 is 20.3 Å². The predicted octanol–water partition coefficient (Wildman–Crippen LogP) is 4.84. The van der Waals surface area contributed by atoms with Crippen LogP contribution >= 0.6 is 0 Å². The number of benzene rings is 3. The monoisotopic (exact) mass is 461 g/mol. The van der Waals surface area contributed by atoms with E-state index in [0.717, 1.165) is 25.9 Å². The third-order valence-corrected chi connectivity index (χ3v) is 5.82. The molecule has 176 valence electrons. The Morgan fingerprint density at radius 3 is 2.32 bits per heavy atom. The van der Waals surface area contributed by atoms with Gasteiger partial charge in [-0.05, 0) is 61.4 Å². The highest BCUT2D eigenvalue weighted by atomic mass is 19.1. The van der Waals surface area contributed by atoms with Crippen LogP contribution in [0.1, 0.15) is 29.6 Å². The molecule has 2 N–H and O–H groups in total. The summed E-state index contributed by atoms with van der Waals surface area (Å²) in [7, 11) is 0. The molecule has 0 bridgehead atoms. The first-order valence-corrected chi connectivity index (χ1v) is 11.5. The second-order valence-electron chi connectivity index (χ2n) is 8.31. The summed E-state index contributed by atoms with van der Waals surface area (Å²) in [5, 5.41) is 5.97. The lowest BCUT2D eigenvalue weighted by Crippen LogP contribution is -2.45. The third kappa shape index (κ3) is 6.65. The van der Waals surface area contributed by atoms with Gasteiger partial charge in [0, 0.05) is 37.7 Å². The standard InChI is InChI=1S/C27H28FN3O3/c28-21-12-10-20(11-13-21)27(33)29-22-14-17-31(18-15-22)19-16-26(32)30-24-8-4-5-9-25(24)34-23-6-2-1-3-7-23/h1-13,22H,14-19H2,(H,29,33)(H,30,32). The fourth-order valence-electron chi connectivity index (χ4n) is 3.92. The molecule has 0 atom stereocenters. The van der Waals surface area contributed by atoms with Crippen molar-refractivity contribution in [2.75, 3.05) is 25.0 Å². The average Bonchev–Trinajstić information content (AvgIpc) is 2.86. The van der Waals surface area contributed by atoms with Crippen molar-refractivity contribution in [1.82, 2.24) is 10.2 Å². The fourth-order valence-corrected chi connectivity index (χ4v) is 3.92. The van der Waals surface area contributed by atoms with Gasteiger partial charge in [-0.2, -0.15) is 0 Å². The van der Waals surface area contributed by atoms with Gasteiger partial charge in [-0.1, -0.05) is 30.3 Å². The van der Waals surface area contributed by atoms with Crippen LogP contribution in [-0.4, -0.2) is 42.4 Å². The molecule has 7 heteroatoms. The maximum absolute atomic E-state index is 13.0. The topological polar surface area (TPSA) is 70.7 Å². The summed E-state index contributed by atoms with van der Waals surface area (Å²) in [6, 6.07) is 22.4. The minimum atomic E-state index is -0.360. The summed E-state index contributed by atoms with van der Waals surface area (Å²) in [6.07, 6.45) is 1.98. The number of rotatable bonds is 8. The SMILES string of the molecule is O=C(CCN1CCC(NC(=O)c2ccc(F)cc2)CC1)Nc1ccccc1Oc1ccccc1. The molecule has 2 amide bonds. The third-order valence-electron chi connectivity index (χ3n) is 5.82. The maximum atomic E-state index is 13.0. The normalized spacial score (nSPS) is 14.4. The Balaban J connectivity index is 1.21. The number of anilines is 1. The molecular weight excluding hydrogens is 433 g/mol. The van der Waals surface area contributed by atoms with Gasteiger partial charge >= 0.3 is 0 Å². The van der Waals surface area contributed by atoms with E-state index in [2.05, 4.69) is 15.5 Å². The van der Waals surface area contributed by atoms with Crippen molar-refractivity contribution in [3.05, 3.63) is 90.2 Å². The Labute approximate surface area is 198 Å². The molecule has 3 aromatic rings. The Morgan fingerprint density at radius 1 is 0.912 bits per heavy atom. The number of carbonyl (C=O) groups excluding carboxylic acids is 2. The number of halogens is 1. The molecule has 0 saturated carbocycles. The summed E-state index contributed by atoms with van der Waals surface area (Å²) in [4.78, 5) is 27.1. The first kappa shape index (κ1) is 23.4. The zero-order valence-electron chi connectivity index (χ0n) is 18.9. The minimum absolute atomic E-state index is 0.0733. The van der Waals surface area contributed by atoms with E-state index in [1.807, 2.05) is 54.6 Å². The molecule has 0 aromatic heterocycles. The van der Waals surface area contributed by atoms with Crippen LogP contribution in [0.2, 0.25) is 0 Å². The molecule has 0 aliphatic carbocycles. The van der Waals surface area contributed by atoms with Crippen LogP contribution in [0.25, 0.3) is 0 Å². The number of ether oxygens (including phenoxy) is 1. The van der Waals surface area contributed by atoms with Gasteiger partial charge in [0.1, 0.15) is 11.6 Å². The molecule has 3 aromatic carbocycles. The van der Waals surface area contributed by atoms with E-state index in [-0.39, 0.29) is 23.7 Å². The summed E-state index contributed by atoms with van der Waals surface area (Å²) in [5.41, 5.74) is 1.09. The number of piperidine rings is 1. The summed E-state index contributed by atoms with van der Waals surface area (Å²) < 4.78 is 18.9. The first-order valence-electron chi connectivity index (χ1n) is 11.5. The Hall–Kier alpha value is -3.71. The number of amides is 2. The van der Waals surface area contributed by atoms with E-state index in [1.165, 1.54) is 24.3 Å². The van der Waals surface area contributed by atoms with Crippen LogP contribution < -0.4 is 15.4 Å². The van der Waals surface area contributed by atoms with E-state index in [9.17, 15) is 14.0 Å². The maximum Gasteiger partial charge on any atom is 0.251 e. The van der Waals surface area contributed by atoms with Gasteiger partial charge in [-0.25, -0.2) is 4.39 Å². The van der Waals surface area contributed by atoms with Crippen molar-refractivity contribution < 1.29 is 18.7 Å². The van der Waals surface area contributed by atoms with E-state index >= 15 is 0 Å². The number of likely N-dealkylation sites (tertiary alicyclic amines) is 1. The van der Waals surface area contributed by atoms with E-state index < -0.39 is 0 Å². The lowest BCUT2D eigenvalue weighted by molar-refractivity contribution is -0.116. The highest BCUT2D eigenvalue weighted by molar-refractivity contribution is 5.94. The van der Waals surface area contributed by atoms with E-state index in [4.69, 9.17) is 4.74 Å². The number of nitrogens with zero attached hydrogens (tertiary/aromatic N) is 1. The van der Waals surface area contributed by atoms with Crippen molar-refractivity contribution in [1.29, 1.82) is 0 Å². The zero-order chi connectivity index (χ0) is 23.8. The highest BCUT2D eigenvalue weighted by Crippen LogP contribution is 2.29. The number of hydrogen-bond acceptors (Lipinski definition) is 4. The van der Waals surface area contributed by atoms with Crippen LogP contribution in [-0.2, 0) is 4.79 Å². The Kier molecular flexibility index (Phi) is 7.88. The zero-order valence-corrected chi connectivity index (χ0v) is 18.9. The van der Waals surface area contributed by atoms with Gasteiger partial charge in [0.15, 0.2) is 5.75 Å². The highest BCUT2D eigenvalue weighted by Gasteiger charge is 2.21. The fraction of sp³-hybridized carbons (Fsp3) is 0.259. The van der Waals surface area contributed by atoms with Crippen LogP contribution in [0.5, 0.6) is 11.5 Å². The van der Waals surface area contributed by atoms with Crippen molar-refractivity contribution in [2.24, 2.45) is 0 Å². The molecule has 0 unspecified atom stereocenters. The van der Waals surface area contributed by atoms with E-state index in [0.29, 0.717) is 35.7 Å². The van der Waals surface area contributed by atoms with Crippen LogP contribution in [0.15, 0.2) is 78.9 Å². The quantitative estimate of drug-likeness (QED) is 0.504. The molecule has 1 aliphatic rings. The Morgan fingerprint density at radius 2 is 1.59 bits per heavy atom. The second-order valence-corrected chi connectivity index (χ2v) is 8.31. The summed E-state index contributed by atoms with van der Waals surface area (Å²) >= 11 is 0. The van der Waals surface area contributed by atoms with Gasteiger partial charge in [-0.3, -0.25) is 9.59 Å². The number of carbonyl (C=O) groups is 2. The van der Waals surface area contributed by atoms with E-state index in [1.54, 1.807) is 0 Å². The summed E-state index contributed by atoms with van der Waals surface area (Å²) in [5.74, 6) is 0.685. The molecule has 34 heavy (non-hydrogen) atoms. The van der Waals surface area contributed by atoms with Gasteiger partial charge in [0.05, 0.1) is 5.69 Å². The first-order chi connectivity index (χ1) is 16.6. The largest absolute Gasteiger partial charge is 0.455 e. The molecule has 6 nitrogen and oxygen atoms in total. The molecule has 1 fully saturated rings. The lowest BCUT2D eigenvalue weighted by Gasteiger charge is -2.32.